The van der Waals surface area contributed by atoms with E-state index in [-0.39, 0.29) is 5.21 Å². The quantitative estimate of drug-likeness (QED) is 0.614. The van der Waals surface area contributed by atoms with E-state index in [9.17, 15) is 9.90 Å². The Balaban J connectivity index is 2.45. The van der Waals surface area contributed by atoms with Gasteiger partial charge in [0.2, 0.25) is 0 Å². The maximum absolute atomic E-state index is 12.0. The third-order valence-corrected chi connectivity index (χ3v) is 22.5. The van der Waals surface area contributed by atoms with Gasteiger partial charge in [-0.3, -0.25) is 0 Å². The van der Waals surface area contributed by atoms with Crippen LogP contribution in [0.3, 0.4) is 0 Å². The monoisotopic (exact) mass is 444 g/mol. The molecule has 3 aromatic carbocycles. The van der Waals surface area contributed by atoms with Crippen LogP contribution in [-0.4, -0.2) is 21.7 Å². The molecule has 0 unspecified atom stereocenters. The van der Waals surface area contributed by atoms with E-state index in [1.165, 1.54) is 0 Å². The van der Waals surface area contributed by atoms with E-state index >= 15 is 0 Å². The Bertz CT molecular complexity index is 736. The van der Waals surface area contributed by atoms with Gasteiger partial charge in [0.05, 0.1) is 0 Å². The van der Waals surface area contributed by atoms with Crippen molar-refractivity contribution in [3.05, 3.63) is 91.0 Å². The molecule has 0 saturated carbocycles. The molecule has 0 amide bonds. The van der Waals surface area contributed by atoms with Crippen LogP contribution in [0.15, 0.2) is 91.0 Å². The van der Waals surface area contributed by atoms with Crippen molar-refractivity contribution in [2.75, 3.05) is 0 Å². The fourth-order valence-corrected chi connectivity index (χ4v) is 17.1. The average molecular weight is 445 g/mol. The molecule has 0 aromatic heterocycles. The molecule has 4 heteroatoms. The van der Waals surface area contributed by atoms with Gasteiger partial charge in [-0.2, -0.15) is 0 Å². The van der Waals surface area contributed by atoms with Gasteiger partial charge in [0.25, 0.3) is 0 Å². The van der Waals surface area contributed by atoms with Crippen LogP contribution in [0.5, 0.6) is 0 Å². The summed E-state index contributed by atoms with van der Waals surface area (Å²) in [6.07, 6.45) is 0. The summed E-state index contributed by atoms with van der Waals surface area (Å²) in [6, 6.07) is 30.0. The molecule has 0 radical (unpaired) electrons. The summed E-state index contributed by atoms with van der Waals surface area (Å²) in [5.41, 5.74) is 0. The van der Waals surface area contributed by atoms with Crippen molar-refractivity contribution in [3.8, 4) is 0 Å². The van der Waals surface area contributed by atoms with Crippen LogP contribution in [-0.2, 0) is 4.79 Å². The van der Waals surface area contributed by atoms with Gasteiger partial charge < -0.3 is 0 Å². The van der Waals surface area contributed by atoms with E-state index < -0.39 is 16.6 Å². The van der Waals surface area contributed by atoms with E-state index in [1.54, 1.807) is 0 Å². The van der Waals surface area contributed by atoms with Gasteiger partial charge >= 0.3 is 150 Å². The molecule has 1 N–H and O–H groups in total. The van der Waals surface area contributed by atoms with Crippen LogP contribution in [0, 0.1) is 0 Å². The number of aliphatic carboxylic acids is 1. The first-order chi connectivity index (χ1) is 11.6. The molecule has 0 spiro atoms. The third kappa shape index (κ3) is 2.72. The number of carboxylic acid groups (broad SMARTS) is 1. The number of rotatable bonds is 5. The maximum atomic E-state index is 12.0. The van der Waals surface area contributed by atoms with Gasteiger partial charge in [0.15, 0.2) is 0 Å². The molecule has 0 saturated heterocycles. The summed E-state index contributed by atoms with van der Waals surface area (Å²) in [5, 5.41) is 9.88. The van der Waals surface area contributed by atoms with Crippen molar-refractivity contribution in [1.82, 2.24) is 0 Å². The molecule has 0 bridgehead atoms. The van der Waals surface area contributed by atoms with E-state index in [0.29, 0.717) is 0 Å². The Morgan fingerprint density at radius 3 is 1.25 bits per heavy atom. The number of carboxylic acids is 1. The Morgan fingerprint density at radius 2 is 1.00 bits per heavy atom. The van der Waals surface area contributed by atoms with E-state index in [0.717, 1.165) is 13.1 Å². The second-order valence-electron chi connectivity index (χ2n) is 5.74. The molecular weight excluding hydrogens is 427 g/mol. The molecule has 0 aliphatic heterocycles. The Hall–Kier alpha value is -1.83. The van der Waals surface area contributed by atoms with Crippen LogP contribution in [0.25, 0.3) is 0 Å². The van der Waals surface area contributed by atoms with Crippen LogP contribution >= 0.6 is 13.9 Å². The zero-order chi connectivity index (χ0) is 17.1. The van der Waals surface area contributed by atoms with E-state index in [2.05, 4.69) is 13.9 Å². The topological polar surface area (TPSA) is 37.3 Å². The molecule has 0 aliphatic rings. The fraction of sp³-hybridized carbons (Fsp3) is 0.0500. The predicted molar refractivity (Wildman–Crippen MR) is 105 cm³/mol. The number of hydrogen-bond donors (Lipinski definition) is 1. The van der Waals surface area contributed by atoms with E-state index in [1.807, 2.05) is 91.0 Å². The molecule has 122 valence electrons. The summed E-state index contributed by atoms with van der Waals surface area (Å²) in [7, 11) is -3.99. The van der Waals surface area contributed by atoms with Crippen LogP contribution < -0.4 is 13.1 Å². The van der Waals surface area contributed by atoms with Crippen molar-refractivity contribution in [2.45, 2.75) is 5.21 Å². The van der Waals surface area contributed by atoms with Crippen molar-refractivity contribution >= 4 is 43.5 Å². The summed E-state index contributed by atoms with van der Waals surface area (Å²) >= 11 is 4.12. The van der Waals surface area contributed by atoms with Gasteiger partial charge in [-0.25, -0.2) is 0 Å². The zero-order valence-electron chi connectivity index (χ0n) is 13.0. The van der Waals surface area contributed by atoms with Crippen LogP contribution in [0.4, 0.5) is 0 Å². The fourth-order valence-electron chi connectivity index (χ4n) is 3.19. The summed E-state index contributed by atoms with van der Waals surface area (Å²) in [4.78, 5) is 12.0. The number of hydrogen-bond acceptors (Lipinski definition) is 1. The van der Waals surface area contributed by atoms with Gasteiger partial charge in [-0.1, -0.05) is 0 Å². The average Bonchev–Trinajstić information content (AvgIpc) is 2.63. The minimum absolute atomic E-state index is 0.0661. The summed E-state index contributed by atoms with van der Waals surface area (Å²) < 4.78 is 3.20. The third-order valence-electron chi connectivity index (χ3n) is 4.32. The molecule has 0 aliphatic carbocycles. The van der Waals surface area contributed by atoms with Gasteiger partial charge in [-0.05, 0) is 0 Å². The zero-order valence-corrected chi connectivity index (χ0v) is 16.5. The molecule has 3 aromatic rings. The van der Waals surface area contributed by atoms with Crippen molar-refractivity contribution in [1.29, 1.82) is 0 Å². The molecule has 3 rings (SSSR count). The second-order valence-corrected chi connectivity index (χ2v) is 22.8. The normalized spacial score (nSPS) is 13.0. The Kier molecular flexibility index (Phi) is 4.66. The number of benzene rings is 3. The van der Waals surface area contributed by atoms with Crippen molar-refractivity contribution < 1.29 is 9.90 Å². The van der Waals surface area contributed by atoms with Crippen molar-refractivity contribution in [3.63, 3.8) is 0 Å². The van der Waals surface area contributed by atoms with E-state index in [4.69, 9.17) is 0 Å². The Labute approximate surface area is 149 Å². The van der Waals surface area contributed by atoms with Gasteiger partial charge in [-0.15, -0.1) is 0 Å². The number of carbonyl (C=O) groups is 1. The first-order valence-corrected chi connectivity index (χ1v) is 16.2. The molecular formula is C20H18AsBrO2. The SMILES string of the molecule is O=C(O)C[As](Br)(c1ccccc1)(c1ccccc1)c1ccccc1. The Morgan fingerprint density at radius 1 is 0.708 bits per heavy atom. The second kappa shape index (κ2) is 6.58. The van der Waals surface area contributed by atoms with Crippen LogP contribution in [0.2, 0.25) is 5.21 Å². The molecule has 0 heterocycles. The number of halogens is 1. The van der Waals surface area contributed by atoms with Crippen LogP contribution in [0.1, 0.15) is 0 Å². The van der Waals surface area contributed by atoms with Gasteiger partial charge in [0.1, 0.15) is 0 Å². The first kappa shape index (κ1) is 17.0. The predicted octanol–water partition coefficient (Wildman–Crippen LogP) is 3.09. The summed E-state index contributed by atoms with van der Waals surface area (Å²) in [6.45, 7) is 0. The molecule has 0 atom stereocenters. The summed E-state index contributed by atoms with van der Waals surface area (Å²) in [5.74, 6) is -0.797. The minimum atomic E-state index is -3.99. The first-order valence-electron chi connectivity index (χ1n) is 7.67. The molecule has 2 nitrogen and oxygen atoms in total. The molecule has 0 fully saturated rings. The van der Waals surface area contributed by atoms with Crippen molar-refractivity contribution in [2.24, 2.45) is 0 Å². The standard InChI is InChI=1S/C20H18AsBrO2/c22-21(16-20(23)24,17-10-4-1-5-11-17,18-12-6-2-7-13-18)19-14-8-3-9-15-19/h1-15H,16H2,(H,23,24). The molecule has 24 heavy (non-hydrogen) atoms. The van der Waals surface area contributed by atoms with Gasteiger partial charge in [0, 0.05) is 0 Å².